The van der Waals surface area contributed by atoms with E-state index in [-0.39, 0.29) is 37.7 Å². The number of guanidine groups is 1. The summed E-state index contributed by atoms with van der Waals surface area (Å²) in [5.41, 5.74) is 16.5. The molecule has 0 aliphatic heterocycles. The summed E-state index contributed by atoms with van der Waals surface area (Å²) in [6.45, 7) is 3.82. The Balaban J connectivity index is 5.49. The lowest BCUT2D eigenvalue weighted by molar-refractivity contribution is -0.143. The minimum absolute atomic E-state index is 0.0769. The van der Waals surface area contributed by atoms with E-state index < -0.39 is 60.2 Å². The first-order chi connectivity index (χ1) is 17.3. The van der Waals surface area contributed by atoms with Crippen molar-refractivity contribution >= 4 is 47.4 Å². The zero-order chi connectivity index (χ0) is 28.5. The molecule has 0 aromatic carbocycles. The number of amides is 3. The van der Waals surface area contributed by atoms with Crippen LogP contribution in [0.1, 0.15) is 52.4 Å². The molecule has 11 N–H and O–H groups in total. The summed E-state index contributed by atoms with van der Waals surface area (Å²) >= 11 is 1.40. The highest BCUT2D eigenvalue weighted by Gasteiger charge is 2.32. The number of nitrogens with zero attached hydrogens (tertiary/aromatic N) is 1. The summed E-state index contributed by atoms with van der Waals surface area (Å²) in [6, 6.07) is -4.52. The lowest BCUT2D eigenvalue weighted by Gasteiger charge is -2.28. The third-order valence-electron chi connectivity index (χ3n) is 5.60. The number of carbonyl (C=O) groups excluding carboxylic acids is 3. The normalized spacial score (nSPS) is 14.8. The molecule has 0 aliphatic rings. The van der Waals surface area contributed by atoms with E-state index in [1.54, 1.807) is 13.2 Å². The van der Waals surface area contributed by atoms with Gasteiger partial charge in [-0.2, -0.15) is 11.8 Å². The maximum atomic E-state index is 13.1. The first-order valence-corrected chi connectivity index (χ1v) is 13.4. The van der Waals surface area contributed by atoms with Crippen molar-refractivity contribution in [1.29, 1.82) is 0 Å². The molecule has 0 rings (SSSR count). The summed E-state index contributed by atoms with van der Waals surface area (Å²) < 4.78 is 0. The molecule has 0 heterocycles. The standard InChI is InChI=1S/C22H41N7O7S/c1-4-12(2)17(29-18(32)13(23)6-5-10-26-22(24)25)20(34)27-14(7-8-16(30)31)19(33)28-15(21(35)36)9-11-37-3/h12-15,17H,4-11,23H2,1-3H3,(H,27,34)(H,28,33)(H,29,32)(H,30,31)(H,35,36)(H4,24,25,26). The van der Waals surface area contributed by atoms with Gasteiger partial charge in [-0.15, -0.1) is 0 Å². The average Bonchev–Trinajstić information content (AvgIpc) is 2.83. The monoisotopic (exact) mass is 547 g/mol. The van der Waals surface area contributed by atoms with E-state index in [4.69, 9.17) is 22.3 Å². The largest absolute Gasteiger partial charge is 0.481 e. The minimum atomic E-state index is -1.32. The van der Waals surface area contributed by atoms with Crippen molar-refractivity contribution < 1.29 is 34.2 Å². The van der Waals surface area contributed by atoms with Gasteiger partial charge in [-0.05, 0) is 43.6 Å². The number of thioether (sulfide) groups is 1. The Morgan fingerprint density at radius 2 is 1.54 bits per heavy atom. The van der Waals surface area contributed by atoms with Crippen LogP contribution >= 0.6 is 11.8 Å². The second kappa shape index (κ2) is 18.2. The number of nitrogens with one attached hydrogen (secondary N) is 3. The fourth-order valence-electron chi connectivity index (χ4n) is 3.18. The molecule has 0 bridgehead atoms. The van der Waals surface area contributed by atoms with Crippen LogP contribution in [0.4, 0.5) is 0 Å². The van der Waals surface area contributed by atoms with Crippen molar-refractivity contribution in [3.63, 3.8) is 0 Å². The second-order valence-corrected chi connectivity index (χ2v) is 9.59. The lowest BCUT2D eigenvalue weighted by Crippen LogP contribution is -2.58. The Morgan fingerprint density at radius 1 is 0.919 bits per heavy atom. The SMILES string of the molecule is CCC(C)C(NC(=O)C(N)CCCN=C(N)N)C(=O)NC(CCC(=O)O)C(=O)NC(CCSC)C(=O)O. The van der Waals surface area contributed by atoms with Gasteiger partial charge in [0.25, 0.3) is 0 Å². The number of aliphatic imine (C=N–C) groups is 1. The van der Waals surface area contributed by atoms with Crippen LogP contribution in [-0.2, 0) is 24.0 Å². The van der Waals surface area contributed by atoms with Crippen molar-refractivity contribution in [3.8, 4) is 0 Å². The van der Waals surface area contributed by atoms with Gasteiger partial charge in [0.15, 0.2) is 5.96 Å². The van der Waals surface area contributed by atoms with Crippen LogP contribution in [0.15, 0.2) is 4.99 Å². The van der Waals surface area contributed by atoms with Gasteiger partial charge in [-0.3, -0.25) is 24.2 Å². The average molecular weight is 548 g/mol. The molecule has 0 fully saturated rings. The quantitative estimate of drug-likeness (QED) is 0.0528. The van der Waals surface area contributed by atoms with Gasteiger partial charge >= 0.3 is 11.9 Å². The molecule has 0 aromatic rings. The smallest absolute Gasteiger partial charge is 0.326 e. The number of carbonyl (C=O) groups is 5. The molecular weight excluding hydrogens is 506 g/mol. The number of rotatable bonds is 19. The summed E-state index contributed by atoms with van der Waals surface area (Å²) in [5, 5.41) is 25.9. The maximum absolute atomic E-state index is 13.1. The van der Waals surface area contributed by atoms with Crippen LogP contribution < -0.4 is 33.2 Å². The maximum Gasteiger partial charge on any atom is 0.326 e. The molecule has 212 valence electrons. The predicted octanol–water partition coefficient (Wildman–Crippen LogP) is -1.43. The molecule has 0 aromatic heterocycles. The van der Waals surface area contributed by atoms with E-state index in [2.05, 4.69) is 20.9 Å². The Kier molecular flexibility index (Phi) is 16.7. The fraction of sp³-hybridized carbons (Fsp3) is 0.727. The summed E-state index contributed by atoms with van der Waals surface area (Å²) in [4.78, 5) is 65.0. The lowest BCUT2D eigenvalue weighted by atomic mass is 9.96. The van der Waals surface area contributed by atoms with E-state index >= 15 is 0 Å². The zero-order valence-electron chi connectivity index (χ0n) is 21.6. The summed E-state index contributed by atoms with van der Waals surface area (Å²) in [7, 11) is 0. The van der Waals surface area contributed by atoms with Crippen molar-refractivity contribution in [1.82, 2.24) is 16.0 Å². The molecule has 15 heteroatoms. The zero-order valence-corrected chi connectivity index (χ0v) is 22.4. The predicted molar refractivity (Wildman–Crippen MR) is 141 cm³/mol. The Labute approximate surface area is 220 Å². The minimum Gasteiger partial charge on any atom is -0.481 e. The van der Waals surface area contributed by atoms with Crippen LogP contribution in [0.5, 0.6) is 0 Å². The molecule has 5 unspecified atom stereocenters. The molecular formula is C22H41N7O7S. The van der Waals surface area contributed by atoms with Gasteiger partial charge in [0.2, 0.25) is 17.7 Å². The van der Waals surface area contributed by atoms with Crippen molar-refractivity contribution in [2.75, 3.05) is 18.6 Å². The van der Waals surface area contributed by atoms with E-state index in [0.29, 0.717) is 18.6 Å². The van der Waals surface area contributed by atoms with Crippen LogP contribution in [-0.4, -0.2) is 88.6 Å². The molecule has 0 radical (unpaired) electrons. The molecule has 3 amide bonds. The summed E-state index contributed by atoms with van der Waals surface area (Å²) in [5.74, 6) is -4.52. The molecule has 0 saturated carbocycles. The number of aliphatic carboxylic acids is 2. The Bertz CT molecular complexity index is 808. The molecule has 14 nitrogen and oxygen atoms in total. The highest BCUT2D eigenvalue weighted by atomic mass is 32.2. The second-order valence-electron chi connectivity index (χ2n) is 8.60. The van der Waals surface area contributed by atoms with Crippen molar-refractivity contribution in [2.45, 2.75) is 76.5 Å². The van der Waals surface area contributed by atoms with Gasteiger partial charge < -0.3 is 43.4 Å². The first-order valence-electron chi connectivity index (χ1n) is 12.0. The van der Waals surface area contributed by atoms with Gasteiger partial charge in [-0.1, -0.05) is 20.3 Å². The number of hydrogen-bond donors (Lipinski definition) is 8. The van der Waals surface area contributed by atoms with E-state index in [0.717, 1.165) is 0 Å². The number of carboxylic acid groups (broad SMARTS) is 2. The molecule has 37 heavy (non-hydrogen) atoms. The van der Waals surface area contributed by atoms with Crippen molar-refractivity contribution in [2.24, 2.45) is 28.1 Å². The number of hydrogen-bond acceptors (Lipinski definition) is 8. The third kappa shape index (κ3) is 14.3. The van der Waals surface area contributed by atoms with Crippen LogP contribution in [0.25, 0.3) is 0 Å². The van der Waals surface area contributed by atoms with Gasteiger partial charge in [0.05, 0.1) is 6.04 Å². The van der Waals surface area contributed by atoms with Crippen molar-refractivity contribution in [3.05, 3.63) is 0 Å². The number of nitrogens with two attached hydrogens (primary N) is 3. The third-order valence-corrected chi connectivity index (χ3v) is 6.25. The van der Waals surface area contributed by atoms with Gasteiger partial charge in [0.1, 0.15) is 18.1 Å². The molecule has 0 saturated heterocycles. The Morgan fingerprint density at radius 3 is 2.05 bits per heavy atom. The highest BCUT2D eigenvalue weighted by molar-refractivity contribution is 7.98. The molecule has 0 spiro atoms. The Hall–Kier alpha value is -3.07. The van der Waals surface area contributed by atoms with Crippen LogP contribution in [0.2, 0.25) is 0 Å². The van der Waals surface area contributed by atoms with Gasteiger partial charge in [0, 0.05) is 13.0 Å². The summed E-state index contributed by atoms with van der Waals surface area (Å²) in [6.07, 6.45) is 2.42. The topological polar surface area (TPSA) is 252 Å². The molecule has 0 aliphatic carbocycles. The number of carboxylic acids is 2. The fourth-order valence-corrected chi connectivity index (χ4v) is 3.65. The first kappa shape index (κ1) is 33.9. The molecule has 5 atom stereocenters. The van der Waals surface area contributed by atoms with Crippen LogP contribution in [0, 0.1) is 5.92 Å². The van der Waals surface area contributed by atoms with Crippen LogP contribution in [0.3, 0.4) is 0 Å². The van der Waals surface area contributed by atoms with Gasteiger partial charge in [-0.25, -0.2) is 4.79 Å². The highest BCUT2D eigenvalue weighted by Crippen LogP contribution is 2.11. The van der Waals surface area contributed by atoms with E-state index in [9.17, 15) is 29.1 Å². The van der Waals surface area contributed by atoms with E-state index in [1.807, 2.05) is 6.92 Å². The van der Waals surface area contributed by atoms with E-state index in [1.165, 1.54) is 11.8 Å².